The number of thiophene rings is 1. The van der Waals surface area contributed by atoms with Gasteiger partial charge in [0.2, 0.25) is 0 Å². The number of hydrogen-bond donors (Lipinski definition) is 0. The third-order valence-corrected chi connectivity index (χ3v) is 6.37. The fraction of sp³-hybridized carbons (Fsp3) is 0.524. The van der Waals surface area contributed by atoms with Crippen LogP contribution in [-0.4, -0.2) is 42.8 Å². The standard InChI is InChI=1S/C21H26ClNO5S/c1-12(2)27-21(25)28-18-10-14-11-23(8-7-17(14)29-18)19(20(24)26-4)15-9-13(3)5-6-16(15)22/h6,9-10,12-13,19H,5,7-8,11H2,1-4H3/t13?,19-/m0/s1. The van der Waals surface area contributed by atoms with Crippen molar-refractivity contribution >= 4 is 35.1 Å². The topological polar surface area (TPSA) is 65.1 Å². The molecular formula is C21H26ClNO5S. The van der Waals surface area contributed by atoms with E-state index in [2.05, 4.69) is 17.9 Å². The summed E-state index contributed by atoms with van der Waals surface area (Å²) >= 11 is 7.89. The van der Waals surface area contributed by atoms with Crippen LogP contribution < -0.4 is 4.74 Å². The van der Waals surface area contributed by atoms with E-state index in [1.54, 1.807) is 13.8 Å². The van der Waals surface area contributed by atoms with Crippen LogP contribution in [0.1, 0.15) is 37.6 Å². The van der Waals surface area contributed by atoms with E-state index in [1.807, 2.05) is 12.1 Å². The second-order valence-electron chi connectivity index (χ2n) is 7.57. The number of hydrogen-bond acceptors (Lipinski definition) is 7. The smallest absolute Gasteiger partial charge is 0.468 e. The van der Waals surface area contributed by atoms with Gasteiger partial charge >= 0.3 is 12.1 Å². The maximum Gasteiger partial charge on any atom is 0.514 e. The second kappa shape index (κ2) is 9.32. The van der Waals surface area contributed by atoms with Gasteiger partial charge in [-0.2, -0.15) is 0 Å². The van der Waals surface area contributed by atoms with Crippen molar-refractivity contribution in [2.24, 2.45) is 5.92 Å². The third kappa shape index (κ3) is 5.21. The van der Waals surface area contributed by atoms with Crippen LogP contribution >= 0.6 is 22.9 Å². The minimum atomic E-state index is -0.707. The number of carbonyl (C=O) groups excluding carboxylic acids is 2. The summed E-state index contributed by atoms with van der Waals surface area (Å²) in [6.45, 7) is 6.86. The molecule has 1 aromatic heterocycles. The summed E-state index contributed by atoms with van der Waals surface area (Å²) < 4.78 is 15.4. The van der Waals surface area contributed by atoms with Gasteiger partial charge in [0, 0.05) is 23.0 Å². The van der Waals surface area contributed by atoms with Crippen LogP contribution in [0.15, 0.2) is 28.8 Å². The van der Waals surface area contributed by atoms with Crippen molar-refractivity contribution in [1.82, 2.24) is 4.90 Å². The number of halogens is 1. The molecule has 0 radical (unpaired) electrons. The largest absolute Gasteiger partial charge is 0.514 e. The molecule has 0 N–H and O–H groups in total. The number of ether oxygens (including phenoxy) is 3. The molecule has 1 aliphatic heterocycles. The average Bonchev–Trinajstić information content (AvgIpc) is 3.05. The Morgan fingerprint density at radius 2 is 2.10 bits per heavy atom. The minimum absolute atomic E-state index is 0.239. The molecule has 1 aromatic rings. The Hall–Kier alpha value is -1.83. The molecule has 0 amide bonds. The maximum absolute atomic E-state index is 12.7. The van der Waals surface area contributed by atoms with Gasteiger partial charge in [0.05, 0.1) is 13.2 Å². The Balaban J connectivity index is 1.79. The van der Waals surface area contributed by atoms with E-state index in [9.17, 15) is 9.59 Å². The van der Waals surface area contributed by atoms with Crippen LogP contribution in [0.3, 0.4) is 0 Å². The molecule has 0 bridgehead atoms. The summed E-state index contributed by atoms with van der Waals surface area (Å²) in [5.74, 6) is -0.0132. The number of methoxy groups -OCH3 is 1. The van der Waals surface area contributed by atoms with Crippen LogP contribution in [-0.2, 0) is 27.2 Å². The van der Waals surface area contributed by atoms with Crippen LogP contribution in [0.4, 0.5) is 4.79 Å². The predicted molar refractivity (Wildman–Crippen MR) is 112 cm³/mol. The molecule has 1 aliphatic carbocycles. The normalized spacial score (nSPS) is 20.4. The number of allylic oxidation sites excluding steroid dienone is 2. The maximum atomic E-state index is 12.7. The van der Waals surface area contributed by atoms with E-state index < -0.39 is 12.2 Å². The van der Waals surface area contributed by atoms with E-state index in [4.69, 9.17) is 25.8 Å². The molecule has 2 heterocycles. The number of esters is 1. The molecule has 0 aromatic carbocycles. The van der Waals surface area contributed by atoms with E-state index >= 15 is 0 Å². The summed E-state index contributed by atoms with van der Waals surface area (Å²) in [7, 11) is 1.39. The lowest BCUT2D eigenvalue weighted by Gasteiger charge is -2.35. The average molecular weight is 440 g/mol. The summed E-state index contributed by atoms with van der Waals surface area (Å²) in [6, 6.07) is 1.28. The van der Waals surface area contributed by atoms with Gasteiger partial charge in [-0.3, -0.25) is 4.90 Å². The lowest BCUT2D eigenvalue weighted by Crippen LogP contribution is -2.46. The first kappa shape index (κ1) is 21.9. The molecule has 0 saturated carbocycles. The van der Waals surface area contributed by atoms with Crippen LogP contribution in [0.5, 0.6) is 5.06 Å². The van der Waals surface area contributed by atoms with Gasteiger partial charge < -0.3 is 14.2 Å². The minimum Gasteiger partial charge on any atom is -0.468 e. The first-order valence-electron chi connectivity index (χ1n) is 9.68. The summed E-state index contributed by atoms with van der Waals surface area (Å²) in [6.07, 6.45) is 4.68. The van der Waals surface area contributed by atoms with Crippen molar-refractivity contribution in [3.8, 4) is 5.06 Å². The zero-order valence-corrected chi connectivity index (χ0v) is 18.6. The molecule has 8 heteroatoms. The monoisotopic (exact) mass is 439 g/mol. The van der Waals surface area contributed by atoms with E-state index in [1.165, 1.54) is 18.4 Å². The molecular weight excluding hydrogens is 414 g/mol. The second-order valence-corrected chi connectivity index (χ2v) is 9.07. The van der Waals surface area contributed by atoms with Crippen molar-refractivity contribution in [2.75, 3.05) is 13.7 Å². The number of carbonyl (C=O) groups is 2. The van der Waals surface area contributed by atoms with Gasteiger partial charge in [0.1, 0.15) is 6.04 Å². The highest BCUT2D eigenvalue weighted by Crippen LogP contribution is 2.37. The third-order valence-electron chi connectivity index (χ3n) is 4.88. The quantitative estimate of drug-likeness (QED) is 0.621. The molecule has 0 fully saturated rings. The lowest BCUT2D eigenvalue weighted by atomic mass is 9.91. The first-order valence-corrected chi connectivity index (χ1v) is 10.9. The molecule has 0 saturated heterocycles. The highest BCUT2D eigenvalue weighted by molar-refractivity contribution is 7.14. The number of nitrogens with zero attached hydrogens (tertiary/aromatic N) is 1. The SMILES string of the molecule is COC(=O)[C@H](C1=CC(C)CC=C1Cl)N1CCc2sc(OC(=O)OC(C)C)cc2C1. The summed E-state index contributed by atoms with van der Waals surface area (Å²) in [4.78, 5) is 27.6. The van der Waals surface area contributed by atoms with E-state index in [0.717, 1.165) is 28.9 Å². The van der Waals surface area contributed by atoms with E-state index in [0.29, 0.717) is 29.1 Å². The first-order chi connectivity index (χ1) is 13.8. The van der Waals surface area contributed by atoms with Crippen LogP contribution in [0.2, 0.25) is 0 Å². The highest BCUT2D eigenvalue weighted by atomic mass is 35.5. The zero-order chi connectivity index (χ0) is 21.1. The van der Waals surface area contributed by atoms with Gasteiger partial charge in [-0.15, -0.1) is 11.3 Å². The molecule has 2 aliphatic rings. The van der Waals surface area contributed by atoms with Gasteiger partial charge in [0.15, 0.2) is 5.06 Å². The summed E-state index contributed by atoms with van der Waals surface area (Å²) in [5, 5.41) is 1.11. The zero-order valence-electron chi connectivity index (χ0n) is 17.1. The van der Waals surface area contributed by atoms with Crippen LogP contribution in [0.25, 0.3) is 0 Å². The Bertz CT molecular complexity index is 844. The van der Waals surface area contributed by atoms with Crippen molar-refractivity contribution in [3.05, 3.63) is 39.3 Å². The van der Waals surface area contributed by atoms with E-state index in [-0.39, 0.29) is 12.1 Å². The molecule has 0 spiro atoms. The van der Waals surface area contributed by atoms with Gasteiger partial charge in [0.25, 0.3) is 0 Å². The number of fused-ring (bicyclic) bond motifs is 1. The molecule has 6 nitrogen and oxygen atoms in total. The molecule has 2 atom stereocenters. The van der Waals surface area contributed by atoms with Gasteiger partial charge in [-0.1, -0.05) is 30.7 Å². The molecule has 29 heavy (non-hydrogen) atoms. The van der Waals surface area contributed by atoms with Gasteiger partial charge in [-0.25, -0.2) is 9.59 Å². The molecule has 3 rings (SSSR count). The van der Waals surface area contributed by atoms with Crippen LogP contribution in [0, 0.1) is 5.92 Å². The Morgan fingerprint density at radius 1 is 1.34 bits per heavy atom. The van der Waals surface area contributed by atoms with Crippen molar-refractivity contribution in [1.29, 1.82) is 0 Å². The Kier molecular flexibility index (Phi) is 7.03. The van der Waals surface area contributed by atoms with Crippen molar-refractivity contribution < 1.29 is 23.8 Å². The van der Waals surface area contributed by atoms with Crippen molar-refractivity contribution in [3.63, 3.8) is 0 Å². The Morgan fingerprint density at radius 3 is 2.79 bits per heavy atom. The molecule has 1 unspecified atom stereocenters. The highest BCUT2D eigenvalue weighted by Gasteiger charge is 2.35. The van der Waals surface area contributed by atoms with Crippen molar-refractivity contribution in [2.45, 2.75) is 52.3 Å². The predicted octanol–water partition coefficient (Wildman–Crippen LogP) is 4.66. The molecule has 158 valence electrons. The Labute approximate surface area is 180 Å². The fourth-order valence-corrected chi connectivity index (χ4v) is 4.82. The lowest BCUT2D eigenvalue weighted by molar-refractivity contribution is -0.145. The fourth-order valence-electron chi connectivity index (χ4n) is 3.56. The number of rotatable bonds is 5. The van der Waals surface area contributed by atoms with Gasteiger partial charge in [-0.05, 0) is 49.8 Å². The summed E-state index contributed by atoms with van der Waals surface area (Å²) in [5.41, 5.74) is 1.83.